The minimum Gasteiger partial charge on any atom is -0.482 e. The molecule has 0 radical (unpaired) electrons. The summed E-state index contributed by atoms with van der Waals surface area (Å²) in [5.41, 5.74) is 1.16. The second-order valence-electron chi connectivity index (χ2n) is 6.42. The van der Waals surface area contributed by atoms with Crippen LogP contribution in [0.2, 0.25) is 0 Å². The van der Waals surface area contributed by atoms with Gasteiger partial charge in [-0.2, -0.15) is 0 Å². The maximum Gasteiger partial charge on any atom is 0.344 e. The molecule has 0 aliphatic carbocycles. The molecule has 28 heavy (non-hydrogen) atoms. The van der Waals surface area contributed by atoms with E-state index in [1.807, 2.05) is 13.8 Å². The van der Waals surface area contributed by atoms with E-state index in [0.29, 0.717) is 21.5 Å². The van der Waals surface area contributed by atoms with Crippen molar-refractivity contribution in [1.29, 1.82) is 0 Å². The van der Waals surface area contributed by atoms with Crippen molar-refractivity contribution < 1.29 is 19.1 Å². The molecule has 0 aliphatic rings. The number of carbonyl (C=O) groups excluding carboxylic acids is 2. The molecule has 0 amide bonds. The number of nitrogens with one attached hydrogen (secondary N) is 1. The molecule has 7 nitrogen and oxygen atoms in total. The first kappa shape index (κ1) is 19.8. The Kier molecular flexibility index (Phi) is 5.60. The standard InChI is InChI=1S/C20H20N2O5S/c1-10-13(4)28-20-17(10)19(25)21-18(22-20)12(3)27-16(24)9-26-15-7-5-6-14(8-15)11(2)23/h5-8,12H,9H2,1-4H3,(H,21,22,25)/t12-/m0/s1. The molecule has 3 aromatic rings. The number of nitrogens with zero attached hydrogens (tertiary/aromatic N) is 1. The van der Waals surface area contributed by atoms with E-state index in [2.05, 4.69) is 9.97 Å². The number of esters is 1. The molecule has 0 bridgehead atoms. The van der Waals surface area contributed by atoms with Gasteiger partial charge in [0, 0.05) is 10.4 Å². The summed E-state index contributed by atoms with van der Waals surface area (Å²) in [6.07, 6.45) is -0.737. The quantitative estimate of drug-likeness (QED) is 0.502. The number of aryl methyl sites for hydroxylation is 2. The van der Waals surface area contributed by atoms with Crippen molar-refractivity contribution in [2.24, 2.45) is 0 Å². The molecule has 0 fully saturated rings. The Labute approximate surface area is 165 Å². The number of hydrogen-bond donors (Lipinski definition) is 1. The van der Waals surface area contributed by atoms with Crippen molar-refractivity contribution in [3.63, 3.8) is 0 Å². The van der Waals surface area contributed by atoms with Gasteiger partial charge in [0.1, 0.15) is 10.6 Å². The van der Waals surface area contributed by atoms with Gasteiger partial charge in [0.2, 0.25) is 0 Å². The van der Waals surface area contributed by atoms with Crippen LogP contribution in [-0.4, -0.2) is 28.3 Å². The molecule has 146 valence electrons. The lowest BCUT2D eigenvalue weighted by Gasteiger charge is -2.13. The van der Waals surface area contributed by atoms with Gasteiger partial charge in [0.15, 0.2) is 24.3 Å². The van der Waals surface area contributed by atoms with Crippen LogP contribution in [0.1, 0.15) is 46.6 Å². The Morgan fingerprint density at radius 3 is 2.75 bits per heavy atom. The average molecular weight is 400 g/mol. The maximum atomic E-state index is 12.3. The summed E-state index contributed by atoms with van der Waals surface area (Å²) in [4.78, 5) is 44.6. The lowest BCUT2D eigenvalue weighted by molar-refractivity contribution is -0.151. The van der Waals surface area contributed by atoms with Crippen LogP contribution in [0, 0.1) is 13.8 Å². The number of H-pyrrole nitrogens is 1. The molecule has 0 saturated carbocycles. The highest BCUT2D eigenvalue weighted by molar-refractivity contribution is 7.18. The van der Waals surface area contributed by atoms with Crippen LogP contribution in [-0.2, 0) is 9.53 Å². The third-order valence-electron chi connectivity index (χ3n) is 4.35. The van der Waals surface area contributed by atoms with Crippen LogP contribution in [0.4, 0.5) is 0 Å². The number of thiophene rings is 1. The molecule has 2 aromatic heterocycles. The number of ether oxygens (including phenoxy) is 2. The zero-order chi connectivity index (χ0) is 20.4. The van der Waals surface area contributed by atoms with Crippen LogP contribution in [0.25, 0.3) is 10.2 Å². The largest absolute Gasteiger partial charge is 0.482 e. The molecule has 0 unspecified atom stereocenters. The first-order valence-corrected chi connectivity index (χ1v) is 9.51. The summed E-state index contributed by atoms with van der Waals surface area (Å²) in [5, 5.41) is 0.568. The average Bonchev–Trinajstić information content (AvgIpc) is 2.94. The van der Waals surface area contributed by atoms with Gasteiger partial charge < -0.3 is 14.5 Å². The Morgan fingerprint density at radius 2 is 2.04 bits per heavy atom. The SMILES string of the molecule is CC(=O)c1cccc(OCC(=O)O[C@@H](C)c2nc3sc(C)c(C)c3c(=O)[nH]2)c1. The molecule has 0 aliphatic heterocycles. The molecule has 3 rings (SSSR count). The first-order chi connectivity index (χ1) is 13.3. The number of aromatic nitrogens is 2. The molecule has 8 heteroatoms. The number of fused-ring (bicyclic) bond motifs is 1. The molecule has 0 saturated heterocycles. The van der Waals surface area contributed by atoms with Gasteiger partial charge in [-0.3, -0.25) is 9.59 Å². The molecular formula is C20H20N2O5S. The second kappa shape index (κ2) is 7.93. The zero-order valence-corrected chi connectivity index (χ0v) is 16.8. The minimum absolute atomic E-state index is 0.0916. The van der Waals surface area contributed by atoms with Crippen molar-refractivity contribution in [2.45, 2.75) is 33.8 Å². The Balaban J connectivity index is 1.67. The van der Waals surface area contributed by atoms with E-state index in [-0.39, 0.29) is 23.8 Å². The fourth-order valence-electron chi connectivity index (χ4n) is 2.70. The van der Waals surface area contributed by atoms with Gasteiger partial charge in [-0.05, 0) is 45.4 Å². The van der Waals surface area contributed by atoms with Crippen LogP contribution in [0.3, 0.4) is 0 Å². The van der Waals surface area contributed by atoms with Gasteiger partial charge in [-0.25, -0.2) is 9.78 Å². The highest BCUT2D eigenvalue weighted by Gasteiger charge is 2.18. The highest BCUT2D eigenvalue weighted by Crippen LogP contribution is 2.27. The third kappa shape index (κ3) is 4.12. The van der Waals surface area contributed by atoms with E-state index < -0.39 is 12.1 Å². The van der Waals surface area contributed by atoms with E-state index >= 15 is 0 Å². The monoisotopic (exact) mass is 400 g/mol. The van der Waals surface area contributed by atoms with Crippen molar-refractivity contribution >= 4 is 33.3 Å². The number of carbonyl (C=O) groups is 2. The summed E-state index contributed by atoms with van der Waals surface area (Å²) in [7, 11) is 0. The second-order valence-corrected chi connectivity index (χ2v) is 7.62. The molecule has 1 aromatic carbocycles. The summed E-state index contributed by atoms with van der Waals surface area (Å²) in [5.74, 6) is -0.0198. The van der Waals surface area contributed by atoms with Crippen molar-refractivity contribution in [1.82, 2.24) is 9.97 Å². The predicted molar refractivity (Wildman–Crippen MR) is 106 cm³/mol. The van der Waals surface area contributed by atoms with Crippen LogP contribution >= 0.6 is 11.3 Å². The topological polar surface area (TPSA) is 98.3 Å². The third-order valence-corrected chi connectivity index (χ3v) is 5.45. The smallest absolute Gasteiger partial charge is 0.344 e. The van der Waals surface area contributed by atoms with Gasteiger partial charge in [-0.1, -0.05) is 12.1 Å². The van der Waals surface area contributed by atoms with Gasteiger partial charge in [0.05, 0.1) is 5.39 Å². The number of aromatic amines is 1. The highest BCUT2D eigenvalue weighted by atomic mass is 32.1. The number of ketones is 1. The fraction of sp³-hybridized carbons (Fsp3) is 0.300. The van der Waals surface area contributed by atoms with E-state index in [1.54, 1.807) is 31.2 Å². The van der Waals surface area contributed by atoms with Gasteiger partial charge in [0.25, 0.3) is 5.56 Å². The Hall–Kier alpha value is -3.00. The molecule has 1 atom stereocenters. The van der Waals surface area contributed by atoms with E-state index in [0.717, 1.165) is 10.4 Å². The summed E-state index contributed by atoms with van der Waals surface area (Å²) in [6.45, 7) is 6.58. The number of rotatable bonds is 6. The number of hydrogen-bond acceptors (Lipinski definition) is 7. The normalized spacial score (nSPS) is 12.0. The molecule has 2 heterocycles. The lowest BCUT2D eigenvalue weighted by Crippen LogP contribution is -2.20. The van der Waals surface area contributed by atoms with Crippen molar-refractivity contribution in [3.05, 3.63) is 56.4 Å². The van der Waals surface area contributed by atoms with Crippen LogP contribution in [0.5, 0.6) is 5.75 Å². The molecule has 0 spiro atoms. The van der Waals surface area contributed by atoms with Gasteiger partial charge in [-0.15, -0.1) is 11.3 Å². The fourth-order valence-corrected chi connectivity index (χ4v) is 3.74. The molecule has 1 N–H and O–H groups in total. The summed E-state index contributed by atoms with van der Waals surface area (Å²) < 4.78 is 10.7. The van der Waals surface area contributed by atoms with E-state index in [4.69, 9.17) is 9.47 Å². The van der Waals surface area contributed by atoms with Crippen LogP contribution < -0.4 is 10.3 Å². The zero-order valence-electron chi connectivity index (χ0n) is 16.0. The molecular weight excluding hydrogens is 380 g/mol. The van der Waals surface area contributed by atoms with Crippen molar-refractivity contribution in [3.8, 4) is 5.75 Å². The summed E-state index contributed by atoms with van der Waals surface area (Å²) in [6, 6.07) is 6.56. The predicted octanol–water partition coefficient (Wildman–Crippen LogP) is 3.49. The van der Waals surface area contributed by atoms with E-state index in [1.165, 1.54) is 18.3 Å². The Morgan fingerprint density at radius 1 is 1.29 bits per heavy atom. The van der Waals surface area contributed by atoms with Crippen LogP contribution in [0.15, 0.2) is 29.1 Å². The van der Waals surface area contributed by atoms with Crippen molar-refractivity contribution in [2.75, 3.05) is 6.61 Å². The number of benzene rings is 1. The number of Topliss-reactive ketones (excluding diaryl/α,β-unsaturated/α-hetero) is 1. The minimum atomic E-state index is -0.737. The van der Waals surface area contributed by atoms with E-state index in [9.17, 15) is 14.4 Å². The first-order valence-electron chi connectivity index (χ1n) is 8.69. The lowest BCUT2D eigenvalue weighted by atomic mass is 10.1. The summed E-state index contributed by atoms with van der Waals surface area (Å²) >= 11 is 1.43. The van der Waals surface area contributed by atoms with Gasteiger partial charge >= 0.3 is 5.97 Å². The Bertz CT molecular complexity index is 1120. The maximum absolute atomic E-state index is 12.3.